The zero-order chi connectivity index (χ0) is 19.6. The molecule has 2 rings (SSSR count). The van der Waals surface area contributed by atoms with E-state index < -0.39 is 11.4 Å². The molecular formula is C18H18Cl6N2O2. The van der Waals surface area contributed by atoms with Crippen molar-refractivity contribution in [2.75, 3.05) is 0 Å². The average molecular weight is 507 g/mol. The van der Waals surface area contributed by atoms with Gasteiger partial charge in [-0.1, -0.05) is 39.3 Å². The molecule has 0 aliphatic heterocycles. The second kappa shape index (κ2) is 10.9. The number of hydrogen-bond donors (Lipinski definition) is 1. The van der Waals surface area contributed by atoms with Crippen molar-refractivity contribution in [2.45, 2.75) is 26.3 Å². The maximum atomic E-state index is 13.0. The van der Waals surface area contributed by atoms with Crippen molar-refractivity contribution in [1.82, 2.24) is 4.53 Å². The molecule has 0 aliphatic rings. The Morgan fingerprint density at radius 1 is 0.893 bits per heavy atom. The molecule has 0 spiro atoms. The first-order chi connectivity index (χ1) is 12.0. The first kappa shape index (κ1) is 27.3. The fraction of sp³-hybridized carbons (Fsp3) is 0.222. The van der Waals surface area contributed by atoms with Gasteiger partial charge >= 0.3 is 11.8 Å². The molecule has 0 bridgehead atoms. The highest BCUT2D eigenvalue weighted by Gasteiger charge is 2.41. The van der Waals surface area contributed by atoms with Crippen molar-refractivity contribution in [3.05, 3.63) is 68.7 Å². The van der Waals surface area contributed by atoms with Gasteiger partial charge in [0.1, 0.15) is 5.54 Å². The SMILES string of the molecule is CC(C)(C)[NH+](C(=O)c1ccc(Cl)cc1)N(Cl)C(=O)c1ccc(Cl)c(Cl)c1.Cl.[Cl-]. The van der Waals surface area contributed by atoms with E-state index in [1.807, 2.05) is 0 Å². The third-order valence-corrected chi connectivity index (χ3v) is 4.89. The Hall–Kier alpha value is -0.720. The second-order valence-electron chi connectivity index (χ2n) is 6.65. The maximum absolute atomic E-state index is 13.0. The molecule has 154 valence electrons. The van der Waals surface area contributed by atoms with Crippen LogP contribution in [0.3, 0.4) is 0 Å². The summed E-state index contributed by atoms with van der Waals surface area (Å²) in [6.07, 6.45) is 0. The fourth-order valence-corrected chi connectivity index (χ4v) is 3.16. The smallest absolute Gasteiger partial charge is 0.370 e. The maximum Gasteiger partial charge on any atom is 0.370 e. The molecule has 0 aromatic heterocycles. The zero-order valence-corrected chi connectivity index (χ0v) is 19.7. The molecule has 2 aromatic rings. The number of quaternary nitrogens is 1. The Morgan fingerprint density at radius 3 is 1.86 bits per heavy atom. The van der Waals surface area contributed by atoms with Gasteiger partial charge < -0.3 is 12.4 Å². The van der Waals surface area contributed by atoms with Crippen molar-refractivity contribution in [3.63, 3.8) is 0 Å². The van der Waals surface area contributed by atoms with Gasteiger partial charge in [0.05, 0.1) is 27.4 Å². The highest BCUT2D eigenvalue weighted by Crippen LogP contribution is 2.23. The number of amides is 2. The predicted molar refractivity (Wildman–Crippen MR) is 112 cm³/mol. The van der Waals surface area contributed by atoms with Gasteiger partial charge in [0.25, 0.3) is 0 Å². The molecule has 1 unspecified atom stereocenters. The molecule has 1 atom stereocenters. The van der Waals surface area contributed by atoms with Gasteiger partial charge in [-0.25, -0.2) is 4.79 Å². The fourth-order valence-electron chi connectivity index (χ4n) is 2.31. The van der Waals surface area contributed by atoms with Gasteiger partial charge in [0.2, 0.25) is 0 Å². The summed E-state index contributed by atoms with van der Waals surface area (Å²) in [4.78, 5) is 25.8. The summed E-state index contributed by atoms with van der Waals surface area (Å²) in [6, 6.07) is 10.8. The number of carbonyl (C=O) groups excluding carboxylic acids is 2. The van der Waals surface area contributed by atoms with Gasteiger partial charge in [0.15, 0.2) is 0 Å². The van der Waals surface area contributed by atoms with Crippen LogP contribution in [0.25, 0.3) is 0 Å². The van der Waals surface area contributed by atoms with Crippen LogP contribution in [-0.4, -0.2) is 21.9 Å². The molecule has 4 nitrogen and oxygen atoms in total. The predicted octanol–water partition coefficient (Wildman–Crippen LogP) is 2.11. The third-order valence-electron chi connectivity index (χ3n) is 3.57. The summed E-state index contributed by atoms with van der Waals surface area (Å²) in [5.41, 5.74) is -0.0865. The molecule has 0 fully saturated rings. The summed E-state index contributed by atoms with van der Waals surface area (Å²) < 4.78 is 0.844. The Bertz CT molecular complexity index is 837. The number of benzene rings is 2. The van der Waals surface area contributed by atoms with Crippen LogP contribution in [-0.2, 0) is 0 Å². The van der Waals surface area contributed by atoms with Gasteiger partial charge in [-0.3, -0.25) is 4.79 Å². The number of hydrogen-bond acceptors (Lipinski definition) is 2. The van der Waals surface area contributed by atoms with Gasteiger partial charge in [-0.2, -0.15) is 0 Å². The molecule has 28 heavy (non-hydrogen) atoms. The average Bonchev–Trinajstić information content (AvgIpc) is 2.56. The summed E-state index contributed by atoms with van der Waals surface area (Å²) in [6.45, 7) is 5.40. The van der Waals surface area contributed by atoms with Crippen LogP contribution >= 0.6 is 59.0 Å². The van der Waals surface area contributed by atoms with Gasteiger partial charge in [0, 0.05) is 10.6 Å². The minimum absolute atomic E-state index is 0. The number of nitrogens with zero attached hydrogens (tertiary/aromatic N) is 1. The molecule has 2 aromatic carbocycles. The number of carbonyl (C=O) groups is 2. The normalized spacial score (nSPS) is 11.7. The Morgan fingerprint density at radius 2 is 1.39 bits per heavy atom. The van der Waals surface area contributed by atoms with Crippen molar-refractivity contribution >= 4 is 70.8 Å². The van der Waals surface area contributed by atoms with E-state index in [1.54, 1.807) is 45.0 Å². The second-order valence-corrected chi connectivity index (χ2v) is 8.24. The molecule has 0 saturated heterocycles. The monoisotopic (exact) mass is 504 g/mol. The van der Waals surface area contributed by atoms with Crippen LogP contribution in [0.2, 0.25) is 15.1 Å². The van der Waals surface area contributed by atoms with Crippen LogP contribution in [0.5, 0.6) is 0 Å². The largest absolute Gasteiger partial charge is 1.00 e. The lowest BCUT2D eigenvalue weighted by Crippen LogP contribution is -3.25. The van der Waals surface area contributed by atoms with Gasteiger partial charge in [-0.15, -0.1) is 17.4 Å². The van der Waals surface area contributed by atoms with Crippen molar-refractivity contribution in [3.8, 4) is 0 Å². The molecule has 0 saturated carbocycles. The van der Waals surface area contributed by atoms with E-state index in [4.69, 9.17) is 46.6 Å². The summed E-state index contributed by atoms with van der Waals surface area (Å²) in [7, 11) is 0. The van der Waals surface area contributed by atoms with Crippen LogP contribution < -0.4 is 17.4 Å². The first-order valence-electron chi connectivity index (χ1n) is 7.65. The number of nitrogens with one attached hydrogen (secondary N) is 1. The van der Waals surface area contributed by atoms with E-state index in [2.05, 4.69) is 0 Å². The topological polar surface area (TPSA) is 41.8 Å². The summed E-state index contributed by atoms with van der Waals surface area (Å²) >= 11 is 24.0. The van der Waals surface area contributed by atoms with E-state index >= 15 is 0 Å². The zero-order valence-electron chi connectivity index (χ0n) is 15.1. The quantitative estimate of drug-likeness (QED) is 0.501. The van der Waals surface area contributed by atoms with Crippen LogP contribution in [0.4, 0.5) is 0 Å². The lowest BCUT2D eigenvalue weighted by molar-refractivity contribution is -0.951. The number of rotatable bonds is 2. The first-order valence-corrected chi connectivity index (χ1v) is 9.12. The molecule has 0 radical (unpaired) electrons. The van der Waals surface area contributed by atoms with Crippen LogP contribution in [0.15, 0.2) is 42.5 Å². The molecule has 0 heterocycles. The molecule has 1 N–H and O–H groups in total. The lowest BCUT2D eigenvalue weighted by atomic mass is 10.1. The Labute approximate surface area is 196 Å². The highest BCUT2D eigenvalue weighted by molar-refractivity contribution is 6.42. The van der Waals surface area contributed by atoms with E-state index in [0.29, 0.717) is 15.6 Å². The van der Waals surface area contributed by atoms with Crippen molar-refractivity contribution in [2.24, 2.45) is 0 Å². The van der Waals surface area contributed by atoms with Gasteiger partial charge in [-0.05, 0) is 63.2 Å². The third kappa shape index (κ3) is 6.39. The summed E-state index contributed by atoms with van der Waals surface area (Å²) in [5.74, 6) is -0.935. The Balaban J connectivity index is 0.00000364. The van der Waals surface area contributed by atoms with Crippen LogP contribution in [0.1, 0.15) is 41.5 Å². The van der Waals surface area contributed by atoms with E-state index in [1.165, 1.54) is 18.2 Å². The standard InChI is InChI=1S/C18H16Cl4N2O2.2ClH/c1-18(2,3)23(16(25)11-4-7-13(19)8-5-11)24(22)17(26)12-6-9-14(20)15(21)10-12;;/h4-10H,1-3H3;2*1H. The van der Waals surface area contributed by atoms with Crippen LogP contribution in [0, 0.1) is 0 Å². The number of halogens is 6. The lowest BCUT2D eigenvalue weighted by Gasteiger charge is -2.33. The molecule has 2 amide bonds. The van der Waals surface area contributed by atoms with E-state index in [9.17, 15) is 9.59 Å². The molecule has 10 heteroatoms. The van der Waals surface area contributed by atoms with E-state index in [0.717, 1.165) is 4.53 Å². The summed E-state index contributed by atoms with van der Waals surface area (Å²) in [5, 5.41) is 1.19. The molecular weight excluding hydrogens is 489 g/mol. The Kier molecular flexibility index (Phi) is 10.6. The molecule has 0 aliphatic carbocycles. The van der Waals surface area contributed by atoms with Crippen molar-refractivity contribution < 1.29 is 27.0 Å². The van der Waals surface area contributed by atoms with Crippen molar-refractivity contribution in [1.29, 1.82) is 0 Å². The minimum atomic E-state index is -0.690. The minimum Gasteiger partial charge on any atom is -1.00 e. The highest BCUT2D eigenvalue weighted by atomic mass is 35.5. The van der Waals surface area contributed by atoms with E-state index in [-0.39, 0.29) is 46.3 Å².